The van der Waals surface area contributed by atoms with Crippen LogP contribution in [0.3, 0.4) is 0 Å². The van der Waals surface area contributed by atoms with E-state index in [4.69, 9.17) is 0 Å². The predicted molar refractivity (Wildman–Crippen MR) is 91.5 cm³/mol. The molecule has 7 heteroatoms. The van der Waals surface area contributed by atoms with Crippen LogP contribution < -0.4 is 10.6 Å². The van der Waals surface area contributed by atoms with E-state index in [-0.39, 0.29) is 12.2 Å². The van der Waals surface area contributed by atoms with Crippen molar-refractivity contribution in [2.75, 3.05) is 0 Å². The highest BCUT2D eigenvalue weighted by Crippen LogP contribution is 2.29. The lowest BCUT2D eigenvalue weighted by molar-refractivity contribution is -0.137. The molecule has 0 saturated heterocycles. The smallest absolute Gasteiger partial charge is 0.347 e. The molecule has 0 saturated carbocycles. The van der Waals surface area contributed by atoms with E-state index in [1.807, 2.05) is 6.07 Å². The molecule has 2 aromatic carbocycles. The number of carbonyl (C=O) groups excluding carboxylic acids is 2. The van der Waals surface area contributed by atoms with Gasteiger partial charge in [-0.05, 0) is 29.3 Å². The van der Waals surface area contributed by atoms with Gasteiger partial charge in [0.2, 0.25) is 5.91 Å². The van der Waals surface area contributed by atoms with Crippen molar-refractivity contribution in [2.45, 2.75) is 19.6 Å². The SMILES string of the molecule is CC(=O)N/C(=C\c1ccccc1)C(=O)NCc1ccc(C(F)(F)F)cc1. The Morgan fingerprint density at radius 3 is 2.15 bits per heavy atom. The molecule has 2 amide bonds. The molecule has 0 fully saturated rings. The van der Waals surface area contributed by atoms with E-state index in [0.29, 0.717) is 5.56 Å². The maximum Gasteiger partial charge on any atom is 0.416 e. The third kappa shape index (κ3) is 5.77. The second-order valence-electron chi connectivity index (χ2n) is 5.53. The summed E-state index contributed by atoms with van der Waals surface area (Å²) in [4.78, 5) is 23.6. The second kappa shape index (κ2) is 8.33. The minimum absolute atomic E-state index is 0.0304. The summed E-state index contributed by atoms with van der Waals surface area (Å²) in [7, 11) is 0. The lowest BCUT2D eigenvalue weighted by Crippen LogP contribution is -2.33. The Kier molecular flexibility index (Phi) is 6.16. The monoisotopic (exact) mass is 362 g/mol. The molecule has 2 aromatic rings. The van der Waals surface area contributed by atoms with E-state index < -0.39 is 23.6 Å². The molecule has 0 aliphatic carbocycles. The first-order valence-electron chi connectivity index (χ1n) is 7.74. The number of amides is 2. The van der Waals surface area contributed by atoms with Crippen LogP contribution in [0.25, 0.3) is 6.08 Å². The zero-order valence-corrected chi connectivity index (χ0v) is 13.9. The summed E-state index contributed by atoms with van der Waals surface area (Å²) in [6, 6.07) is 13.4. The van der Waals surface area contributed by atoms with E-state index in [1.54, 1.807) is 24.3 Å². The molecule has 0 unspecified atom stereocenters. The third-order valence-corrected chi connectivity index (χ3v) is 3.40. The van der Waals surface area contributed by atoms with Crippen molar-refractivity contribution in [1.82, 2.24) is 10.6 Å². The van der Waals surface area contributed by atoms with Crippen LogP contribution in [-0.4, -0.2) is 11.8 Å². The normalized spacial score (nSPS) is 11.8. The molecule has 0 heterocycles. The maximum absolute atomic E-state index is 12.6. The minimum Gasteiger partial charge on any atom is -0.347 e. The minimum atomic E-state index is -4.40. The fraction of sp³-hybridized carbons (Fsp3) is 0.158. The summed E-state index contributed by atoms with van der Waals surface area (Å²) in [6.45, 7) is 1.31. The Morgan fingerprint density at radius 1 is 1.00 bits per heavy atom. The largest absolute Gasteiger partial charge is 0.416 e. The van der Waals surface area contributed by atoms with Crippen LogP contribution in [0.4, 0.5) is 13.2 Å². The van der Waals surface area contributed by atoms with Crippen molar-refractivity contribution in [1.29, 1.82) is 0 Å². The number of alkyl halides is 3. The predicted octanol–water partition coefficient (Wildman–Crippen LogP) is 3.50. The number of halogens is 3. The second-order valence-corrected chi connectivity index (χ2v) is 5.53. The van der Waals surface area contributed by atoms with Gasteiger partial charge in [0.15, 0.2) is 0 Å². The topological polar surface area (TPSA) is 58.2 Å². The van der Waals surface area contributed by atoms with Gasteiger partial charge in [0, 0.05) is 13.5 Å². The van der Waals surface area contributed by atoms with Crippen molar-refractivity contribution in [3.63, 3.8) is 0 Å². The maximum atomic E-state index is 12.6. The van der Waals surface area contributed by atoms with Gasteiger partial charge in [0.05, 0.1) is 5.56 Å². The summed E-state index contributed by atoms with van der Waals surface area (Å²) in [6.07, 6.45) is -2.89. The first-order chi connectivity index (χ1) is 12.3. The van der Waals surface area contributed by atoms with Crippen molar-refractivity contribution in [2.24, 2.45) is 0 Å². The Hall–Kier alpha value is -3.09. The fourth-order valence-corrected chi connectivity index (χ4v) is 2.15. The van der Waals surface area contributed by atoms with Crippen molar-refractivity contribution >= 4 is 17.9 Å². The van der Waals surface area contributed by atoms with E-state index in [2.05, 4.69) is 10.6 Å². The van der Waals surface area contributed by atoms with Gasteiger partial charge in [-0.2, -0.15) is 13.2 Å². The summed E-state index contributed by atoms with van der Waals surface area (Å²) < 4.78 is 37.7. The molecule has 4 nitrogen and oxygen atoms in total. The van der Waals surface area contributed by atoms with Crippen LogP contribution in [0.15, 0.2) is 60.3 Å². The number of carbonyl (C=O) groups is 2. The zero-order chi connectivity index (χ0) is 19.2. The summed E-state index contributed by atoms with van der Waals surface area (Å²) >= 11 is 0. The molecule has 0 spiro atoms. The lowest BCUT2D eigenvalue weighted by Gasteiger charge is -2.11. The molecule has 0 bridgehead atoms. The third-order valence-electron chi connectivity index (χ3n) is 3.40. The van der Waals surface area contributed by atoms with E-state index in [9.17, 15) is 22.8 Å². The Morgan fingerprint density at radius 2 is 1.62 bits per heavy atom. The van der Waals surface area contributed by atoms with Crippen LogP contribution in [0.2, 0.25) is 0 Å². The first kappa shape index (κ1) is 19.2. The molecule has 0 atom stereocenters. The first-order valence-corrected chi connectivity index (χ1v) is 7.74. The molecule has 26 heavy (non-hydrogen) atoms. The Labute approximate surface area is 148 Å². The quantitative estimate of drug-likeness (QED) is 0.800. The molecule has 2 rings (SSSR count). The van der Waals surface area contributed by atoms with E-state index in [1.165, 1.54) is 25.1 Å². The van der Waals surface area contributed by atoms with Crippen LogP contribution in [-0.2, 0) is 22.3 Å². The fourth-order valence-electron chi connectivity index (χ4n) is 2.15. The lowest BCUT2D eigenvalue weighted by atomic mass is 10.1. The average molecular weight is 362 g/mol. The van der Waals surface area contributed by atoms with Gasteiger partial charge in [0.1, 0.15) is 5.70 Å². The van der Waals surface area contributed by atoms with Crippen molar-refractivity contribution in [3.8, 4) is 0 Å². The number of nitrogens with one attached hydrogen (secondary N) is 2. The molecule has 0 aliphatic rings. The molecule has 0 aromatic heterocycles. The van der Waals surface area contributed by atoms with Gasteiger partial charge in [-0.1, -0.05) is 42.5 Å². The Balaban J connectivity index is 2.07. The van der Waals surface area contributed by atoms with Gasteiger partial charge >= 0.3 is 6.18 Å². The number of rotatable bonds is 5. The van der Waals surface area contributed by atoms with Crippen LogP contribution >= 0.6 is 0 Å². The highest BCUT2D eigenvalue weighted by molar-refractivity contribution is 6.00. The van der Waals surface area contributed by atoms with Gasteiger partial charge in [0.25, 0.3) is 5.91 Å². The molecule has 2 N–H and O–H groups in total. The van der Waals surface area contributed by atoms with Gasteiger partial charge in [-0.15, -0.1) is 0 Å². The molecule has 0 aliphatic heterocycles. The highest BCUT2D eigenvalue weighted by atomic mass is 19.4. The number of hydrogen-bond acceptors (Lipinski definition) is 2. The average Bonchev–Trinajstić information content (AvgIpc) is 2.59. The molecular weight excluding hydrogens is 345 g/mol. The van der Waals surface area contributed by atoms with Gasteiger partial charge in [-0.25, -0.2) is 0 Å². The molecular formula is C19H17F3N2O2. The molecule has 0 radical (unpaired) electrons. The van der Waals surface area contributed by atoms with Gasteiger partial charge < -0.3 is 10.6 Å². The highest BCUT2D eigenvalue weighted by Gasteiger charge is 2.29. The van der Waals surface area contributed by atoms with Crippen LogP contribution in [0.5, 0.6) is 0 Å². The van der Waals surface area contributed by atoms with E-state index in [0.717, 1.165) is 17.7 Å². The van der Waals surface area contributed by atoms with Crippen molar-refractivity contribution < 1.29 is 22.8 Å². The van der Waals surface area contributed by atoms with Crippen molar-refractivity contribution in [3.05, 3.63) is 77.0 Å². The Bertz CT molecular complexity index is 798. The van der Waals surface area contributed by atoms with Crippen LogP contribution in [0.1, 0.15) is 23.6 Å². The van der Waals surface area contributed by atoms with E-state index >= 15 is 0 Å². The summed E-state index contributed by atoms with van der Waals surface area (Å²) in [5.41, 5.74) is 0.528. The van der Waals surface area contributed by atoms with Crippen LogP contribution in [0, 0.1) is 0 Å². The number of hydrogen-bond donors (Lipinski definition) is 2. The standard InChI is InChI=1S/C19H17F3N2O2/c1-13(25)24-17(11-14-5-3-2-4-6-14)18(26)23-12-15-7-9-16(10-8-15)19(20,21)22/h2-11H,12H2,1H3,(H,23,26)(H,24,25)/b17-11-. The van der Waals surface area contributed by atoms with Gasteiger partial charge in [-0.3, -0.25) is 9.59 Å². The summed E-state index contributed by atoms with van der Waals surface area (Å²) in [5.74, 6) is -0.944. The zero-order valence-electron chi connectivity index (χ0n) is 13.9. The summed E-state index contributed by atoms with van der Waals surface area (Å²) in [5, 5.41) is 5.03. The molecule has 136 valence electrons. The number of benzene rings is 2.